The molecular weight excluding hydrogens is 554 g/mol. The van der Waals surface area contributed by atoms with E-state index in [4.69, 9.17) is 0 Å². The molecule has 0 aromatic heterocycles. The van der Waals surface area contributed by atoms with E-state index in [1.54, 1.807) is 0 Å². The molecular formula is C43H52F2. The molecule has 0 saturated heterocycles. The van der Waals surface area contributed by atoms with Gasteiger partial charge in [-0.25, -0.2) is 8.78 Å². The third-order valence-corrected chi connectivity index (χ3v) is 9.96. The van der Waals surface area contributed by atoms with E-state index in [0.29, 0.717) is 0 Å². The number of fused-ring (bicyclic) bond motifs is 3. The van der Waals surface area contributed by atoms with Crippen LogP contribution in [0.4, 0.5) is 8.78 Å². The second-order valence-corrected chi connectivity index (χ2v) is 13.5. The molecule has 1 aliphatic carbocycles. The quantitative estimate of drug-likeness (QED) is 0.118. The number of halogens is 2. The molecule has 0 amide bonds. The highest BCUT2D eigenvalue weighted by Gasteiger charge is 2.47. The van der Waals surface area contributed by atoms with Crippen molar-refractivity contribution in [3.63, 3.8) is 0 Å². The average Bonchev–Trinajstić information content (AvgIpc) is 3.31. The summed E-state index contributed by atoms with van der Waals surface area (Å²) in [5.41, 5.74) is 12.1. The van der Waals surface area contributed by atoms with E-state index in [9.17, 15) is 0 Å². The van der Waals surface area contributed by atoms with Crippen molar-refractivity contribution in [3.8, 4) is 11.1 Å². The molecule has 0 spiro atoms. The van der Waals surface area contributed by atoms with Gasteiger partial charge in [0.2, 0.25) is 0 Å². The number of unbranched alkanes of at least 4 members (excludes halogenated alkanes) is 4. The van der Waals surface area contributed by atoms with Gasteiger partial charge in [-0.3, -0.25) is 0 Å². The van der Waals surface area contributed by atoms with Crippen molar-refractivity contribution >= 4 is 0 Å². The fourth-order valence-corrected chi connectivity index (χ4v) is 7.47. The van der Waals surface area contributed by atoms with E-state index < -0.39 is 5.41 Å². The Morgan fingerprint density at radius 3 is 1.07 bits per heavy atom. The molecule has 1 aliphatic rings. The standard InChI is InChI=1S/C43H52F2/c1-7-11-15-31-25-35(26-32(41(31)44)16-12-8-2)43(36-27-33(17-13-9-3)42(45)34(28-36)18-14-10-4)39-23-29(5)19-21-37(39)38-22-20-30(6)24-40(38)43/h19-28H,7-18H2,1-6H3. The Bertz CT molecular complexity index is 1460. The van der Waals surface area contributed by atoms with Gasteiger partial charge in [0, 0.05) is 0 Å². The second kappa shape index (κ2) is 14.4. The highest BCUT2D eigenvalue weighted by Crippen LogP contribution is 2.57. The van der Waals surface area contributed by atoms with Crippen LogP contribution in [0.3, 0.4) is 0 Å². The van der Waals surface area contributed by atoms with Gasteiger partial charge in [-0.15, -0.1) is 0 Å². The molecule has 0 saturated carbocycles. The fraction of sp³-hybridized carbons (Fsp3) is 0.442. The zero-order valence-corrected chi connectivity index (χ0v) is 28.5. The summed E-state index contributed by atoms with van der Waals surface area (Å²) in [6.45, 7) is 13.0. The van der Waals surface area contributed by atoms with Gasteiger partial charge in [0.05, 0.1) is 5.41 Å². The van der Waals surface area contributed by atoms with Gasteiger partial charge in [-0.05, 0) is 121 Å². The zero-order chi connectivity index (χ0) is 32.1. The van der Waals surface area contributed by atoms with Crippen LogP contribution in [0.15, 0.2) is 60.7 Å². The normalized spacial score (nSPS) is 13.2. The molecule has 238 valence electrons. The van der Waals surface area contributed by atoms with Crippen molar-refractivity contribution in [1.82, 2.24) is 0 Å². The van der Waals surface area contributed by atoms with Gasteiger partial charge in [0.25, 0.3) is 0 Å². The number of aryl methyl sites for hydroxylation is 6. The molecule has 0 unspecified atom stereocenters. The molecule has 0 N–H and O–H groups in total. The maximum Gasteiger partial charge on any atom is 0.129 e. The van der Waals surface area contributed by atoms with Crippen LogP contribution in [0.1, 0.15) is 135 Å². The zero-order valence-electron chi connectivity index (χ0n) is 28.5. The molecule has 0 atom stereocenters. The van der Waals surface area contributed by atoms with Gasteiger partial charge in [-0.1, -0.05) is 125 Å². The highest BCUT2D eigenvalue weighted by atomic mass is 19.1. The van der Waals surface area contributed by atoms with Gasteiger partial charge in [-0.2, -0.15) is 0 Å². The molecule has 0 bridgehead atoms. The Morgan fingerprint density at radius 1 is 0.467 bits per heavy atom. The molecule has 4 aromatic rings. The van der Waals surface area contributed by atoms with Crippen molar-refractivity contribution in [2.45, 2.75) is 124 Å². The molecule has 0 aliphatic heterocycles. The van der Waals surface area contributed by atoms with Crippen molar-refractivity contribution in [2.75, 3.05) is 0 Å². The summed E-state index contributed by atoms with van der Waals surface area (Å²) in [7, 11) is 0. The third-order valence-electron chi connectivity index (χ3n) is 9.96. The lowest BCUT2D eigenvalue weighted by Crippen LogP contribution is -2.30. The van der Waals surface area contributed by atoms with Crippen LogP contribution in [0, 0.1) is 25.5 Å². The highest BCUT2D eigenvalue weighted by molar-refractivity contribution is 5.87. The summed E-state index contributed by atoms with van der Waals surface area (Å²) in [5.74, 6) is -0.0665. The predicted octanol–water partition coefficient (Wildman–Crippen LogP) is 12.3. The largest absolute Gasteiger partial charge is 0.206 e. The summed E-state index contributed by atoms with van der Waals surface area (Å²) in [5, 5.41) is 0. The third kappa shape index (κ3) is 6.27. The number of hydrogen-bond acceptors (Lipinski definition) is 0. The summed E-state index contributed by atoms with van der Waals surface area (Å²) in [4.78, 5) is 0. The molecule has 2 heteroatoms. The predicted molar refractivity (Wildman–Crippen MR) is 188 cm³/mol. The van der Waals surface area contributed by atoms with Crippen LogP contribution in [0.25, 0.3) is 11.1 Å². The first kappa shape index (κ1) is 33.1. The van der Waals surface area contributed by atoms with E-state index in [0.717, 1.165) is 110 Å². The Hall–Kier alpha value is -3.26. The summed E-state index contributed by atoms with van der Waals surface area (Å²) in [6.07, 6.45) is 10.8. The van der Waals surface area contributed by atoms with Crippen LogP contribution in [-0.4, -0.2) is 0 Å². The van der Waals surface area contributed by atoms with Crippen LogP contribution < -0.4 is 0 Å². The van der Waals surface area contributed by atoms with E-state index in [2.05, 4.69) is 102 Å². The van der Waals surface area contributed by atoms with Crippen molar-refractivity contribution in [3.05, 3.63) is 128 Å². The fourth-order valence-electron chi connectivity index (χ4n) is 7.47. The van der Waals surface area contributed by atoms with E-state index >= 15 is 8.78 Å². The van der Waals surface area contributed by atoms with Crippen LogP contribution in [0.5, 0.6) is 0 Å². The minimum Gasteiger partial charge on any atom is -0.206 e. The smallest absolute Gasteiger partial charge is 0.129 e. The van der Waals surface area contributed by atoms with Crippen LogP contribution >= 0.6 is 0 Å². The Kier molecular flexibility index (Phi) is 10.6. The van der Waals surface area contributed by atoms with Crippen LogP contribution in [0.2, 0.25) is 0 Å². The number of hydrogen-bond donors (Lipinski definition) is 0. The molecule has 0 fully saturated rings. The van der Waals surface area contributed by atoms with Gasteiger partial charge in [0.1, 0.15) is 11.6 Å². The van der Waals surface area contributed by atoms with Crippen molar-refractivity contribution < 1.29 is 8.78 Å². The minimum absolute atomic E-state index is 0.0332. The molecule has 4 aromatic carbocycles. The molecule has 5 rings (SSSR count). The minimum atomic E-state index is -0.673. The van der Waals surface area contributed by atoms with Crippen molar-refractivity contribution in [2.24, 2.45) is 0 Å². The number of rotatable bonds is 14. The van der Waals surface area contributed by atoms with E-state index in [1.165, 1.54) is 33.4 Å². The summed E-state index contributed by atoms with van der Waals surface area (Å²) in [6, 6.07) is 22.3. The first-order valence-corrected chi connectivity index (χ1v) is 17.7. The maximum absolute atomic E-state index is 16.2. The van der Waals surface area contributed by atoms with E-state index in [-0.39, 0.29) is 11.6 Å². The first-order chi connectivity index (χ1) is 21.8. The van der Waals surface area contributed by atoms with Gasteiger partial charge < -0.3 is 0 Å². The average molecular weight is 607 g/mol. The molecule has 45 heavy (non-hydrogen) atoms. The lowest BCUT2D eigenvalue weighted by Gasteiger charge is -2.36. The van der Waals surface area contributed by atoms with E-state index in [1.807, 2.05) is 0 Å². The summed E-state index contributed by atoms with van der Waals surface area (Å²) < 4.78 is 32.5. The lowest BCUT2D eigenvalue weighted by atomic mass is 9.66. The van der Waals surface area contributed by atoms with Gasteiger partial charge in [0.15, 0.2) is 0 Å². The monoisotopic (exact) mass is 606 g/mol. The van der Waals surface area contributed by atoms with Crippen LogP contribution in [-0.2, 0) is 31.1 Å². The Balaban J connectivity index is 1.94. The summed E-state index contributed by atoms with van der Waals surface area (Å²) >= 11 is 0. The lowest BCUT2D eigenvalue weighted by molar-refractivity contribution is 0.574. The first-order valence-electron chi connectivity index (χ1n) is 17.7. The van der Waals surface area contributed by atoms with Gasteiger partial charge >= 0.3 is 0 Å². The van der Waals surface area contributed by atoms with Crippen molar-refractivity contribution in [1.29, 1.82) is 0 Å². The SMILES string of the molecule is CCCCc1cc(C2(c3cc(CCCC)c(F)c(CCCC)c3)c3cc(C)ccc3-c3ccc(C)cc32)cc(CCCC)c1F. The molecule has 0 heterocycles. The second-order valence-electron chi connectivity index (χ2n) is 13.5. The topological polar surface area (TPSA) is 0 Å². The number of benzene rings is 4. The maximum atomic E-state index is 16.2. The Morgan fingerprint density at radius 2 is 0.778 bits per heavy atom. The molecule has 0 radical (unpaired) electrons. The molecule has 0 nitrogen and oxygen atoms in total. The Labute approximate surface area is 271 Å².